The molecule has 0 bridgehead atoms. The average molecular weight is 302 g/mol. The highest BCUT2D eigenvalue weighted by molar-refractivity contribution is 5.75. The maximum Gasteiger partial charge on any atom is 0.407 e. The van der Waals surface area contributed by atoms with Gasteiger partial charge in [-0.05, 0) is 40.0 Å². The van der Waals surface area contributed by atoms with Gasteiger partial charge in [-0.1, -0.05) is 13.8 Å². The molecule has 124 valence electrons. The van der Waals surface area contributed by atoms with Crippen molar-refractivity contribution in [3.8, 4) is 0 Å². The van der Waals surface area contributed by atoms with Crippen LogP contribution < -0.4 is 10.6 Å². The number of hydrogen-bond donors (Lipinski definition) is 2. The average Bonchev–Trinajstić information content (AvgIpc) is 2.33. The van der Waals surface area contributed by atoms with E-state index in [0.717, 1.165) is 12.8 Å². The number of carbonyl (C=O) groups excluding carboxylic acids is 2. The Bertz CT molecular complexity index is 324. The Morgan fingerprint density at radius 3 is 2.24 bits per heavy atom. The Balaban J connectivity index is 3.90. The first-order chi connectivity index (χ1) is 9.65. The molecule has 0 saturated carbocycles. The molecule has 0 heterocycles. The van der Waals surface area contributed by atoms with E-state index in [0.29, 0.717) is 13.0 Å². The molecular weight excluding hydrogens is 272 g/mol. The summed E-state index contributed by atoms with van der Waals surface area (Å²) in [5.41, 5.74) is -0.485. The second-order valence-corrected chi connectivity index (χ2v) is 6.32. The first-order valence-electron chi connectivity index (χ1n) is 7.46. The summed E-state index contributed by atoms with van der Waals surface area (Å²) in [4.78, 5) is 23.0. The molecule has 0 aromatic carbocycles. The van der Waals surface area contributed by atoms with Crippen molar-refractivity contribution in [1.29, 1.82) is 0 Å². The van der Waals surface area contributed by atoms with Gasteiger partial charge in [-0.2, -0.15) is 0 Å². The number of nitrogens with one attached hydrogen (secondary N) is 2. The lowest BCUT2D eigenvalue weighted by Gasteiger charge is -2.20. The Hall–Kier alpha value is -1.30. The van der Waals surface area contributed by atoms with Gasteiger partial charge in [-0.3, -0.25) is 4.79 Å². The van der Waals surface area contributed by atoms with Crippen molar-refractivity contribution in [2.45, 2.75) is 71.6 Å². The van der Waals surface area contributed by atoms with Crippen molar-refractivity contribution in [2.75, 3.05) is 13.7 Å². The van der Waals surface area contributed by atoms with E-state index in [1.165, 1.54) is 7.11 Å². The van der Waals surface area contributed by atoms with Crippen LogP contribution in [0.5, 0.6) is 0 Å². The van der Waals surface area contributed by atoms with Gasteiger partial charge in [0.1, 0.15) is 11.6 Å². The summed E-state index contributed by atoms with van der Waals surface area (Å²) in [6, 6.07) is -0.0782. The molecular formula is C15H30N2O4. The Kier molecular flexibility index (Phi) is 9.01. The van der Waals surface area contributed by atoms with Crippen molar-refractivity contribution in [1.82, 2.24) is 10.6 Å². The van der Waals surface area contributed by atoms with Crippen LogP contribution in [-0.4, -0.2) is 43.4 Å². The molecule has 0 aliphatic rings. The third kappa shape index (κ3) is 11.1. The maximum absolute atomic E-state index is 11.6. The van der Waals surface area contributed by atoms with E-state index in [-0.39, 0.29) is 18.1 Å². The van der Waals surface area contributed by atoms with Crippen molar-refractivity contribution in [3.63, 3.8) is 0 Å². The van der Waals surface area contributed by atoms with Crippen LogP contribution in [0.3, 0.4) is 0 Å². The number of methoxy groups -OCH3 is 1. The van der Waals surface area contributed by atoms with E-state index in [4.69, 9.17) is 9.47 Å². The predicted octanol–water partition coefficient (Wildman–Crippen LogP) is 2.22. The summed E-state index contributed by atoms with van der Waals surface area (Å²) in [5, 5.41) is 5.87. The first kappa shape index (κ1) is 19.7. The number of hydrogen-bond acceptors (Lipinski definition) is 5. The van der Waals surface area contributed by atoms with Crippen LogP contribution in [0.4, 0.5) is 4.79 Å². The monoisotopic (exact) mass is 302 g/mol. The van der Waals surface area contributed by atoms with Gasteiger partial charge < -0.3 is 20.1 Å². The standard InChI is InChI=1S/C15H30N2O4/c1-11(2)17-12(13(18)20-6)9-7-8-10-16-14(19)21-15(3,4)5/h11-12,17H,7-10H2,1-6H3,(H,16,19). The number of alkyl carbamates (subject to hydrolysis) is 1. The van der Waals surface area contributed by atoms with E-state index in [9.17, 15) is 9.59 Å². The van der Waals surface area contributed by atoms with Gasteiger partial charge in [-0.15, -0.1) is 0 Å². The highest BCUT2D eigenvalue weighted by Gasteiger charge is 2.19. The topological polar surface area (TPSA) is 76.7 Å². The van der Waals surface area contributed by atoms with Crippen LogP contribution in [0, 0.1) is 0 Å². The van der Waals surface area contributed by atoms with E-state index < -0.39 is 11.7 Å². The van der Waals surface area contributed by atoms with Gasteiger partial charge in [-0.25, -0.2) is 4.79 Å². The van der Waals surface area contributed by atoms with Crippen LogP contribution in [0.1, 0.15) is 53.9 Å². The minimum Gasteiger partial charge on any atom is -0.468 e. The number of esters is 1. The van der Waals surface area contributed by atoms with Gasteiger partial charge in [0.15, 0.2) is 0 Å². The van der Waals surface area contributed by atoms with E-state index >= 15 is 0 Å². The fourth-order valence-electron chi connectivity index (χ4n) is 1.79. The van der Waals surface area contributed by atoms with Gasteiger partial charge in [0.05, 0.1) is 7.11 Å². The summed E-state index contributed by atoms with van der Waals surface area (Å²) < 4.78 is 9.91. The predicted molar refractivity (Wildman–Crippen MR) is 82.2 cm³/mol. The first-order valence-corrected chi connectivity index (χ1v) is 7.46. The molecule has 0 aliphatic heterocycles. The molecule has 0 saturated heterocycles. The molecule has 21 heavy (non-hydrogen) atoms. The van der Waals surface area contributed by atoms with Crippen molar-refractivity contribution in [2.24, 2.45) is 0 Å². The minimum absolute atomic E-state index is 0.217. The largest absolute Gasteiger partial charge is 0.468 e. The quantitative estimate of drug-likeness (QED) is 0.531. The highest BCUT2D eigenvalue weighted by atomic mass is 16.6. The summed E-state index contributed by atoms with van der Waals surface area (Å²) in [5.74, 6) is -0.246. The zero-order valence-electron chi connectivity index (χ0n) is 14.1. The molecule has 0 aromatic rings. The van der Waals surface area contributed by atoms with Crippen molar-refractivity contribution < 1.29 is 19.1 Å². The SMILES string of the molecule is COC(=O)C(CCCCNC(=O)OC(C)(C)C)NC(C)C. The Morgan fingerprint density at radius 1 is 1.14 bits per heavy atom. The Morgan fingerprint density at radius 2 is 1.76 bits per heavy atom. The molecule has 2 N–H and O–H groups in total. The molecule has 1 atom stereocenters. The van der Waals surface area contributed by atoms with E-state index in [2.05, 4.69) is 10.6 Å². The maximum atomic E-state index is 11.6. The Labute approximate surface area is 127 Å². The fourth-order valence-corrected chi connectivity index (χ4v) is 1.79. The number of carbonyl (C=O) groups is 2. The van der Waals surface area contributed by atoms with Crippen LogP contribution in [-0.2, 0) is 14.3 Å². The van der Waals surface area contributed by atoms with Crippen LogP contribution in [0.15, 0.2) is 0 Å². The third-order valence-corrected chi connectivity index (χ3v) is 2.61. The lowest BCUT2D eigenvalue weighted by molar-refractivity contribution is -0.143. The number of amides is 1. The molecule has 6 heteroatoms. The second-order valence-electron chi connectivity index (χ2n) is 6.32. The molecule has 0 aliphatic carbocycles. The van der Waals surface area contributed by atoms with Crippen molar-refractivity contribution in [3.05, 3.63) is 0 Å². The smallest absolute Gasteiger partial charge is 0.407 e. The fraction of sp³-hybridized carbons (Fsp3) is 0.867. The molecule has 0 aromatic heterocycles. The van der Waals surface area contributed by atoms with E-state index in [1.54, 1.807) is 0 Å². The zero-order chi connectivity index (χ0) is 16.5. The van der Waals surface area contributed by atoms with Crippen LogP contribution >= 0.6 is 0 Å². The highest BCUT2D eigenvalue weighted by Crippen LogP contribution is 2.07. The van der Waals surface area contributed by atoms with Gasteiger partial charge in [0, 0.05) is 12.6 Å². The molecule has 0 spiro atoms. The van der Waals surface area contributed by atoms with Gasteiger partial charge in [0.2, 0.25) is 0 Å². The molecule has 0 fully saturated rings. The molecule has 6 nitrogen and oxygen atoms in total. The molecule has 0 radical (unpaired) electrons. The molecule has 1 amide bonds. The van der Waals surface area contributed by atoms with Gasteiger partial charge >= 0.3 is 12.1 Å². The van der Waals surface area contributed by atoms with Crippen LogP contribution in [0.25, 0.3) is 0 Å². The summed E-state index contributed by atoms with van der Waals surface area (Å²) in [6.07, 6.45) is 1.87. The summed E-state index contributed by atoms with van der Waals surface area (Å²) in [7, 11) is 1.39. The zero-order valence-corrected chi connectivity index (χ0v) is 14.1. The number of rotatable bonds is 8. The number of unbranched alkanes of at least 4 members (excludes halogenated alkanes) is 1. The summed E-state index contributed by atoms with van der Waals surface area (Å²) in [6.45, 7) is 9.98. The van der Waals surface area contributed by atoms with E-state index in [1.807, 2.05) is 34.6 Å². The van der Waals surface area contributed by atoms with Crippen LogP contribution in [0.2, 0.25) is 0 Å². The summed E-state index contributed by atoms with van der Waals surface area (Å²) >= 11 is 0. The number of ether oxygens (including phenoxy) is 2. The second kappa shape index (κ2) is 9.60. The van der Waals surface area contributed by atoms with Gasteiger partial charge in [0.25, 0.3) is 0 Å². The normalized spacial score (nSPS) is 12.9. The third-order valence-electron chi connectivity index (χ3n) is 2.61. The lowest BCUT2D eigenvalue weighted by Crippen LogP contribution is -2.41. The molecule has 0 rings (SSSR count). The molecule has 1 unspecified atom stereocenters. The van der Waals surface area contributed by atoms with Crippen molar-refractivity contribution >= 4 is 12.1 Å². The lowest BCUT2D eigenvalue weighted by atomic mass is 10.1. The minimum atomic E-state index is -0.485.